The molecule has 0 spiro atoms. The van der Waals surface area contributed by atoms with Crippen LogP contribution in [-0.2, 0) is 0 Å². The van der Waals surface area contributed by atoms with Gasteiger partial charge < -0.3 is 5.11 Å². The first-order chi connectivity index (χ1) is 8.05. The fourth-order valence-electron chi connectivity index (χ4n) is 1.77. The number of allylic oxidation sites excluding steroid dienone is 1. The van der Waals surface area contributed by atoms with E-state index in [9.17, 15) is 5.11 Å². The zero-order valence-electron chi connectivity index (χ0n) is 10.8. The van der Waals surface area contributed by atoms with Gasteiger partial charge in [0.25, 0.3) is 0 Å². The summed E-state index contributed by atoms with van der Waals surface area (Å²) in [7, 11) is -1.28. The molecule has 0 aromatic heterocycles. The molecule has 1 N–H and O–H groups in total. The summed E-state index contributed by atoms with van der Waals surface area (Å²) >= 11 is 0. The second-order valence-electron chi connectivity index (χ2n) is 5.05. The largest absolute Gasteiger partial charge is 0.388 e. The highest BCUT2D eigenvalue weighted by Crippen LogP contribution is 2.18. The van der Waals surface area contributed by atoms with Gasteiger partial charge in [-0.1, -0.05) is 61.3 Å². The Hall–Kier alpha value is -1.12. The number of rotatable bonds is 6. The zero-order chi connectivity index (χ0) is 12.7. The second-order valence-corrected chi connectivity index (χ2v) is 9.76. The smallest absolute Gasteiger partial charge is 0.0824 e. The van der Waals surface area contributed by atoms with Gasteiger partial charge in [-0.25, -0.2) is 0 Å². The van der Waals surface area contributed by atoms with Gasteiger partial charge >= 0.3 is 0 Å². The highest BCUT2D eigenvalue weighted by atomic mass is 28.3. The molecule has 1 aromatic rings. The molecule has 0 fully saturated rings. The summed E-state index contributed by atoms with van der Waals surface area (Å²) in [6, 6.07) is 10.9. The van der Waals surface area contributed by atoms with Gasteiger partial charge in [0.15, 0.2) is 0 Å². The van der Waals surface area contributed by atoms with Crippen molar-refractivity contribution in [2.45, 2.75) is 31.7 Å². The normalized spacial score (nSPS) is 13.8. The molecule has 2 heteroatoms. The second kappa shape index (κ2) is 6.57. The highest BCUT2D eigenvalue weighted by Gasteiger charge is 2.14. The summed E-state index contributed by atoms with van der Waals surface area (Å²) in [5.41, 5.74) is 3.28. The maximum Gasteiger partial charge on any atom is 0.0824 e. The van der Waals surface area contributed by atoms with Crippen LogP contribution in [0.2, 0.25) is 19.1 Å². The Balaban J connectivity index is 2.51. The first-order valence-corrected chi connectivity index (χ1v) is 9.35. The van der Waals surface area contributed by atoms with Gasteiger partial charge in [-0.3, -0.25) is 0 Å². The molecule has 1 nitrogen and oxygen atoms in total. The standard InChI is InChI=1S/C15H22OSi/c1-4-12-17(2,3)13-8-11-15(16)14-9-6-5-7-10-14/h4-10,13,15-16H,1,11-12H2,2-3H3/b13-8+. The van der Waals surface area contributed by atoms with Crippen molar-refractivity contribution >= 4 is 8.07 Å². The molecule has 0 aliphatic carbocycles. The van der Waals surface area contributed by atoms with Crippen molar-refractivity contribution in [2.75, 3.05) is 0 Å². The van der Waals surface area contributed by atoms with Crippen molar-refractivity contribution in [1.82, 2.24) is 0 Å². The minimum Gasteiger partial charge on any atom is -0.388 e. The van der Waals surface area contributed by atoms with E-state index in [1.165, 1.54) is 0 Å². The molecule has 0 aliphatic heterocycles. The van der Waals surface area contributed by atoms with Crippen LogP contribution in [0.15, 0.2) is 54.8 Å². The summed E-state index contributed by atoms with van der Waals surface area (Å²) in [6.07, 6.45) is 4.41. The molecule has 0 saturated carbocycles. The third-order valence-electron chi connectivity index (χ3n) is 2.78. The number of aliphatic hydroxyl groups is 1. The summed E-state index contributed by atoms with van der Waals surface area (Å²) < 4.78 is 0. The minimum absolute atomic E-state index is 0.388. The molecule has 0 heterocycles. The van der Waals surface area contributed by atoms with Crippen molar-refractivity contribution in [2.24, 2.45) is 0 Å². The predicted molar refractivity (Wildman–Crippen MR) is 77.6 cm³/mol. The third kappa shape index (κ3) is 5.15. The van der Waals surface area contributed by atoms with E-state index in [1.54, 1.807) is 0 Å². The topological polar surface area (TPSA) is 20.2 Å². The summed E-state index contributed by atoms with van der Waals surface area (Å²) in [5, 5.41) is 9.99. The fourth-order valence-corrected chi connectivity index (χ4v) is 3.42. The van der Waals surface area contributed by atoms with Gasteiger partial charge in [-0.2, -0.15) is 0 Å². The Morgan fingerprint density at radius 1 is 1.29 bits per heavy atom. The molecular formula is C15H22OSi. The van der Waals surface area contributed by atoms with Gasteiger partial charge in [0, 0.05) is 0 Å². The van der Waals surface area contributed by atoms with Crippen molar-refractivity contribution < 1.29 is 5.11 Å². The Morgan fingerprint density at radius 3 is 2.53 bits per heavy atom. The van der Waals surface area contributed by atoms with E-state index in [0.717, 1.165) is 11.6 Å². The van der Waals surface area contributed by atoms with Crippen molar-refractivity contribution in [3.8, 4) is 0 Å². The van der Waals surface area contributed by atoms with Gasteiger partial charge in [0.05, 0.1) is 14.2 Å². The van der Waals surface area contributed by atoms with Crippen molar-refractivity contribution in [3.63, 3.8) is 0 Å². The predicted octanol–water partition coefficient (Wildman–Crippen LogP) is 4.10. The fraction of sp³-hybridized carbons (Fsp3) is 0.333. The number of hydrogen-bond donors (Lipinski definition) is 1. The molecule has 0 bridgehead atoms. The SMILES string of the molecule is C=CC[Si](C)(C)/C=C/CC(O)c1ccccc1. The van der Waals surface area contributed by atoms with E-state index in [0.29, 0.717) is 6.42 Å². The number of benzene rings is 1. The number of aliphatic hydroxyl groups excluding tert-OH is 1. The van der Waals surface area contributed by atoms with Crippen LogP contribution < -0.4 is 0 Å². The average molecular weight is 246 g/mol. The van der Waals surface area contributed by atoms with Gasteiger partial charge in [0.1, 0.15) is 0 Å². The summed E-state index contributed by atoms with van der Waals surface area (Å²) in [4.78, 5) is 0. The summed E-state index contributed by atoms with van der Waals surface area (Å²) in [6.45, 7) is 8.40. The van der Waals surface area contributed by atoms with E-state index in [4.69, 9.17) is 0 Å². The monoisotopic (exact) mass is 246 g/mol. The molecule has 0 aliphatic rings. The van der Waals surface area contributed by atoms with Crippen LogP contribution in [0.25, 0.3) is 0 Å². The Labute approximate surface area is 106 Å². The van der Waals surface area contributed by atoms with E-state index < -0.39 is 8.07 Å². The van der Waals surface area contributed by atoms with Crippen LogP contribution in [0.1, 0.15) is 18.1 Å². The van der Waals surface area contributed by atoms with Gasteiger partial charge in [-0.15, -0.1) is 6.58 Å². The molecule has 0 saturated heterocycles. The minimum atomic E-state index is -1.28. The highest BCUT2D eigenvalue weighted by molar-refractivity contribution is 6.82. The molecule has 17 heavy (non-hydrogen) atoms. The van der Waals surface area contributed by atoms with Crippen LogP contribution in [0.4, 0.5) is 0 Å². The van der Waals surface area contributed by atoms with Crippen LogP contribution >= 0.6 is 0 Å². The molecular weight excluding hydrogens is 224 g/mol. The van der Waals surface area contributed by atoms with E-state index in [1.807, 2.05) is 36.4 Å². The van der Waals surface area contributed by atoms with E-state index >= 15 is 0 Å². The van der Waals surface area contributed by atoms with Crippen LogP contribution in [0, 0.1) is 0 Å². The van der Waals surface area contributed by atoms with Crippen LogP contribution in [-0.4, -0.2) is 13.2 Å². The Kier molecular flexibility index (Phi) is 5.39. The zero-order valence-corrected chi connectivity index (χ0v) is 11.8. The van der Waals surface area contributed by atoms with Crippen molar-refractivity contribution in [3.05, 3.63) is 60.3 Å². The average Bonchev–Trinajstić information content (AvgIpc) is 2.29. The molecule has 1 unspecified atom stereocenters. The van der Waals surface area contributed by atoms with E-state index in [-0.39, 0.29) is 6.10 Å². The first kappa shape index (κ1) is 13.9. The maximum absolute atomic E-state index is 9.99. The third-order valence-corrected chi connectivity index (χ3v) is 5.26. The molecule has 1 aromatic carbocycles. The number of hydrogen-bond acceptors (Lipinski definition) is 1. The lowest BCUT2D eigenvalue weighted by atomic mass is 10.1. The Bertz CT molecular complexity index is 368. The lowest BCUT2D eigenvalue weighted by molar-refractivity contribution is 0.181. The first-order valence-electron chi connectivity index (χ1n) is 6.07. The quantitative estimate of drug-likeness (QED) is 0.592. The van der Waals surface area contributed by atoms with Crippen LogP contribution in [0.5, 0.6) is 0 Å². The molecule has 1 atom stereocenters. The lowest BCUT2D eigenvalue weighted by Gasteiger charge is -2.15. The molecule has 0 radical (unpaired) electrons. The molecule has 92 valence electrons. The Morgan fingerprint density at radius 2 is 1.94 bits per heavy atom. The van der Waals surface area contributed by atoms with Crippen molar-refractivity contribution in [1.29, 1.82) is 0 Å². The summed E-state index contributed by atoms with van der Waals surface area (Å²) in [5.74, 6) is 0. The van der Waals surface area contributed by atoms with Gasteiger partial charge in [-0.05, 0) is 18.0 Å². The van der Waals surface area contributed by atoms with E-state index in [2.05, 4.69) is 31.4 Å². The molecule has 0 amide bonds. The van der Waals surface area contributed by atoms with Crippen LogP contribution in [0.3, 0.4) is 0 Å². The lowest BCUT2D eigenvalue weighted by Crippen LogP contribution is -2.20. The molecule has 1 rings (SSSR count). The maximum atomic E-state index is 9.99. The van der Waals surface area contributed by atoms with Gasteiger partial charge in [0.2, 0.25) is 0 Å².